The first-order valence-corrected chi connectivity index (χ1v) is 6.05. The first-order chi connectivity index (χ1) is 8.79. The van der Waals surface area contributed by atoms with Gasteiger partial charge in [-0.3, -0.25) is 4.79 Å². The van der Waals surface area contributed by atoms with Crippen molar-refractivity contribution in [2.24, 2.45) is 11.7 Å². The van der Waals surface area contributed by atoms with Crippen LogP contribution in [0.1, 0.15) is 29.9 Å². The van der Waals surface area contributed by atoms with Crippen LogP contribution in [0.25, 0.3) is 0 Å². The highest BCUT2D eigenvalue weighted by atomic mass is 16.4. The lowest BCUT2D eigenvalue weighted by Crippen LogP contribution is -2.37. The second kappa shape index (κ2) is 6.17. The fourth-order valence-corrected chi connectivity index (χ4v) is 1.80. The zero-order valence-electron chi connectivity index (χ0n) is 11.4. The van der Waals surface area contributed by atoms with Gasteiger partial charge in [-0.25, -0.2) is 9.78 Å². The number of hydrogen-bond donors (Lipinski definition) is 2. The van der Waals surface area contributed by atoms with Gasteiger partial charge < -0.3 is 15.7 Å². The molecule has 6 nitrogen and oxygen atoms in total. The summed E-state index contributed by atoms with van der Waals surface area (Å²) in [4.78, 5) is 28.1. The van der Waals surface area contributed by atoms with Gasteiger partial charge in [0.15, 0.2) is 0 Å². The lowest BCUT2D eigenvalue weighted by Gasteiger charge is -2.24. The number of hydrogen-bond acceptors (Lipinski definition) is 4. The van der Waals surface area contributed by atoms with Crippen LogP contribution in [-0.2, 0) is 4.79 Å². The summed E-state index contributed by atoms with van der Waals surface area (Å²) in [6.07, 6.45) is 0. The number of pyridine rings is 1. The molecule has 1 amide bonds. The molecule has 0 spiro atoms. The SMILES string of the molecule is Cc1cc(C(=O)O)cc(N(CC(N)=O)CC(C)C)n1. The normalized spacial score (nSPS) is 10.5. The Morgan fingerprint density at radius 3 is 2.53 bits per heavy atom. The smallest absolute Gasteiger partial charge is 0.335 e. The van der Waals surface area contributed by atoms with Crippen molar-refractivity contribution in [2.45, 2.75) is 20.8 Å². The number of nitrogens with zero attached hydrogens (tertiary/aromatic N) is 2. The Balaban J connectivity index is 3.13. The molecular weight excluding hydrogens is 246 g/mol. The Labute approximate surface area is 112 Å². The molecule has 1 aromatic heterocycles. The summed E-state index contributed by atoms with van der Waals surface area (Å²) in [6.45, 7) is 6.32. The molecule has 0 unspecified atom stereocenters. The molecule has 1 rings (SSSR count). The van der Waals surface area contributed by atoms with Crippen LogP contribution < -0.4 is 10.6 Å². The Kier molecular flexibility index (Phi) is 4.86. The summed E-state index contributed by atoms with van der Waals surface area (Å²) >= 11 is 0. The van der Waals surface area contributed by atoms with Gasteiger partial charge in [0.1, 0.15) is 5.82 Å². The second-order valence-electron chi connectivity index (χ2n) is 4.90. The highest BCUT2D eigenvalue weighted by Crippen LogP contribution is 2.16. The van der Waals surface area contributed by atoms with Crippen molar-refractivity contribution in [2.75, 3.05) is 18.0 Å². The molecule has 1 aromatic rings. The van der Waals surface area contributed by atoms with Crippen molar-refractivity contribution in [3.8, 4) is 0 Å². The Bertz CT molecular complexity index is 486. The zero-order chi connectivity index (χ0) is 14.6. The maximum Gasteiger partial charge on any atom is 0.335 e. The van der Waals surface area contributed by atoms with Crippen LogP contribution in [0.15, 0.2) is 12.1 Å². The van der Waals surface area contributed by atoms with Crippen molar-refractivity contribution in [3.05, 3.63) is 23.4 Å². The van der Waals surface area contributed by atoms with E-state index in [-0.39, 0.29) is 12.1 Å². The molecule has 3 N–H and O–H groups in total. The number of carbonyl (C=O) groups excluding carboxylic acids is 1. The van der Waals surface area contributed by atoms with Gasteiger partial charge in [0.2, 0.25) is 5.91 Å². The monoisotopic (exact) mass is 265 g/mol. The molecule has 1 heterocycles. The van der Waals surface area contributed by atoms with Crippen molar-refractivity contribution in [1.82, 2.24) is 4.98 Å². The van der Waals surface area contributed by atoms with E-state index in [1.54, 1.807) is 11.8 Å². The fourth-order valence-electron chi connectivity index (χ4n) is 1.80. The number of aryl methyl sites for hydroxylation is 1. The van der Waals surface area contributed by atoms with Crippen LogP contribution in [0.2, 0.25) is 0 Å². The van der Waals surface area contributed by atoms with E-state index in [1.807, 2.05) is 13.8 Å². The molecule has 0 fully saturated rings. The van der Waals surface area contributed by atoms with Crippen molar-refractivity contribution < 1.29 is 14.7 Å². The quantitative estimate of drug-likeness (QED) is 0.801. The summed E-state index contributed by atoms with van der Waals surface area (Å²) in [7, 11) is 0. The molecule has 0 atom stereocenters. The molecule has 0 aromatic carbocycles. The van der Waals surface area contributed by atoms with Gasteiger partial charge in [0.25, 0.3) is 0 Å². The molecule has 0 aliphatic carbocycles. The number of primary amides is 1. The van der Waals surface area contributed by atoms with Crippen LogP contribution in [0.5, 0.6) is 0 Å². The molecule has 0 saturated heterocycles. The summed E-state index contributed by atoms with van der Waals surface area (Å²) in [5, 5.41) is 9.04. The summed E-state index contributed by atoms with van der Waals surface area (Å²) < 4.78 is 0. The highest BCUT2D eigenvalue weighted by Gasteiger charge is 2.15. The van der Waals surface area contributed by atoms with Gasteiger partial charge in [-0.15, -0.1) is 0 Å². The maximum absolute atomic E-state index is 11.1. The summed E-state index contributed by atoms with van der Waals surface area (Å²) in [5.41, 5.74) is 5.96. The number of nitrogens with two attached hydrogens (primary N) is 1. The van der Waals surface area contributed by atoms with Crippen molar-refractivity contribution >= 4 is 17.7 Å². The number of carboxylic acid groups (broad SMARTS) is 1. The van der Waals surface area contributed by atoms with Gasteiger partial charge in [-0.1, -0.05) is 13.8 Å². The number of carboxylic acids is 1. The van der Waals surface area contributed by atoms with E-state index >= 15 is 0 Å². The fraction of sp³-hybridized carbons (Fsp3) is 0.462. The van der Waals surface area contributed by atoms with Gasteiger partial charge in [0.05, 0.1) is 12.1 Å². The van der Waals surface area contributed by atoms with E-state index in [9.17, 15) is 9.59 Å². The minimum Gasteiger partial charge on any atom is -0.478 e. The van der Waals surface area contributed by atoms with Gasteiger partial charge in [-0.2, -0.15) is 0 Å². The van der Waals surface area contributed by atoms with E-state index in [0.717, 1.165) is 0 Å². The number of amides is 1. The van der Waals surface area contributed by atoms with Gasteiger partial charge in [-0.05, 0) is 25.0 Å². The lowest BCUT2D eigenvalue weighted by atomic mass is 10.2. The summed E-state index contributed by atoms with van der Waals surface area (Å²) in [6, 6.07) is 2.95. The molecule has 0 aliphatic heterocycles. The number of anilines is 1. The third kappa shape index (κ3) is 4.57. The Morgan fingerprint density at radius 2 is 2.05 bits per heavy atom. The third-order valence-electron chi connectivity index (χ3n) is 2.44. The van der Waals surface area contributed by atoms with Crippen LogP contribution in [0.3, 0.4) is 0 Å². The second-order valence-corrected chi connectivity index (χ2v) is 4.90. The number of rotatable bonds is 6. The maximum atomic E-state index is 11.1. The first kappa shape index (κ1) is 14.9. The standard InChI is InChI=1S/C13H19N3O3/c1-8(2)6-16(7-11(14)17)12-5-10(13(18)19)4-9(3)15-12/h4-5,8H,6-7H2,1-3H3,(H2,14,17)(H,18,19). The molecule has 0 saturated carbocycles. The lowest BCUT2D eigenvalue weighted by molar-refractivity contribution is -0.116. The minimum absolute atomic E-state index is 0.0215. The topological polar surface area (TPSA) is 96.5 Å². The first-order valence-electron chi connectivity index (χ1n) is 6.05. The molecular formula is C13H19N3O3. The molecule has 0 aliphatic rings. The Hall–Kier alpha value is -2.11. The predicted molar refractivity (Wildman–Crippen MR) is 72.2 cm³/mol. The van der Waals surface area contributed by atoms with Crippen LogP contribution >= 0.6 is 0 Å². The molecule has 0 bridgehead atoms. The molecule has 6 heteroatoms. The zero-order valence-corrected chi connectivity index (χ0v) is 11.4. The van der Waals surface area contributed by atoms with Gasteiger partial charge in [0, 0.05) is 12.2 Å². The minimum atomic E-state index is -1.02. The van der Waals surface area contributed by atoms with E-state index in [1.165, 1.54) is 12.1 Å². The van der Waals surface area contributed by atoms with E-state index < -0.39 is 11.9 Å². The number of carbonyl (C=O) groups is 2. The third-order valence-corrected chi connectivity index (χ3v) is 2.44. The van der Waals surface area contributed by atoms with Gasteiger partial charge >= 0.3 is 5.97 Å². The van der Waals surface area contributed by atoms with Crippen molar-refractivity contribution in [3.63, 3.8) is 0 Å². The molecule has 0 radical (unpaired) electrons. The van der Waals surface area contributed by atoms with Crippen LogP contribution in [0.4, 0.5) is 5.82 Å². The molecule has 104 valence electrons. The largest absolute Gasteiger partial charge is 0.478 e. The average Bonchev–Trinajstić information content (AvgIpc) is 2.25. The average molecular weight is 265 g/mol. The Morgan fingerprint density at radius 1 is 1.42 bits per heavy atom. The van der Waals surface area contributed by atoms with E-state index in [2.05, 4.69) is 4.98 Å². The van der Waals surface area contributed by atoms with E-state index in [4.69, 9.17) is 10.8 Å². The predicted octanol–water partition coefficient (Wildman–Crippen LogP) is 1.04. The van der Waals surface area contributed by atoms with Crippen molar-refractivity contribution in [1.29, 1.82) is 0 Å². The summed E-state index contributed by atoms with van der Waals surface area (Å²) in [5.74, 6) is -0.726. The highest BCUT2D eigenvalue weighted by molar-refractivity contribution is 5.89. The number of aromatic carboxylic acids is 1. The van der Waals surface area contributed by atoms with E-state index in [0.29, 0.717) is 24.0 Å². The number of aromatic nitrogens is 1. The molecule has 19 heavy (non-hydrogen) atoms. The van der Waals surface area contributed by atoms with Crippen LogP contribution in [-0.4, -0.2) is 35.1 Å². The van der Waals surface area contributed by atoms with Crippen LogP contribution in [0, 0.1) is 12.8 Å².